The second kappa shape index (κ2) is 8.19. The van der Waals surface area contributed by atoms with Crippen molar-refractivity contribution in [2.45, 2.75) is 11.4 Å². The molecule has 1 aliphatic rings. The molecule has 0 unspecified atom stereocenters. The van der Waals surface area contributed by atoms with E-state index in [9.17, 15) is 9.59 Å². The maximum atomic E-state index is 12.6. The molecule has 4 rings (SSSR count). The first-order valence-electron chi connectivity index (χ1n) is 8.85. The fourth-order valence-electron chi connectivity index (χ4n) is 2.87. The SMILES string of the molecule is O=C1CSc2ccc(C(=O)NCc3ccccc3Oc3ccccc3)cc2N1. The number of para-hydroxylation sites is 2. The molecule has 0 atom stereocenters. The van der Waals surface area contributed by atoms with Gasteiger partial charge in [0.05, 0.1) is 11.4 Å². The number of fused-ring (bicyclic) bond motifs is 1. The molecule has 0 bridgehead atoms. The van der Waals surface area contributed by atoms with Gasteiger partial charge < -0.3 is 15.4 Å². The molecule has 0 radical (unpaired) electrons. The Kier molecular flexibility index (Phi) is 5.30. The van der Waals surface area contributed by atoms with Crippen molar-refractivity contribution in [2.24, 2.45) is 0 Å². The second-order valence-electron chi connectivity index (χ2n) is 6.25. The zero-order valence-corrected chi connectivity index (χ0v) is 15.8. The quantitative estimate of drug-likeness (QED) is 0.675. The minimum Gasteiger partial charge on any atom is -0.457 e. The Morgan fingerprint density at radius 3 is 2.68 bits per heavy atom. The minimum absolute atomic E-state index is 0.0537. The molecule has 0 spiro atoms. The van der Waals surface area contributed by atoms with Crippen molar-refractivity contribution in [1.82, 2.24) is 5.32 Å². The van der Waals surface area contributed by atoms with Crippen molar-refractivity contribution in [3.63, 3.8) is 0 Å². The highest BCUT2D eigenvalue weighted by molar-refractivity contribution is 8.00. The van der Waals surface area contributed by atoms with Crippen LogP contribution in [0, 0.1) is 0 Å². The van der Waals surface area contributed by atoms with Gasteiger partial charge in [-0.2, -0.15) is 0 Å². The van der Waals surface area contributed by atoms with E-state index in [4.69, 9.17) is 4.74 Å². The fourth-order valence-corrected chi connectivity index (χ4v) is 3.66. The molecule has 6 heteroatoms. The number of hydrogen-bond acceptors (Lipinski definition) is 4. The van der Waals surface area contributed by atoms with Crippen LogP contribution in [0.2, 0.25) is 0 Å². The topological polar surface area (TPSA) is 67.4 Å². The lowest BCUT2D eigenvalue weighted by atomic mass is 10.1. The van der Waals surface area contributed by atoms with Gasteiger partial charge in [0.2, 0.25) is 5.91 Å². The lowest BCUT2D eigenvalue weighted by Gasteiger charge is -2.17. The molecule has 2 amide bonds. The van der Waals surface area contributed by atoms with Crippen LogP contribution in [0.15, 0.2) is 77.7 Å². The second-order valence-corrected chi connectivity index (χ2v) is 7.27. The van der Waals surface area contributed by atoms with Crippen LogP contribution in [0.1, 0.15) is 15.9 Å². The Morgan fingerprint density at radius 2 is 1.82 bits per heavy atom. The van der Waals surface area contributed by atoms with E-state index in [0.29, 0.717) is 29.3 Å². The Morgan fingerprint density at radius 1 is 1.04 bits per heavy atom. The molecule has 0 fully saturated rings. The van der Waals surface area contributed by atoms with E-state index in [1.54, 1.807) is 12.1 Å². The van der Waals surface area contributed by atoms with E-state index in [0.717, 1.165) is 16.2 Å². The molecule has 1 aliphatic heterocycles. The highest BCUT2D eigenvalue weighted by Gasteiger charge is 2.17. The van der Waals surface area contributed by atoms with Gasteiger partial charge in [0, 0.05) is 22.6 Å². The van der Waals surface area contributed by atoms with E-state index in [1.807, 2.05) is 60.7 Å². The van der Waals surface area contributed by atoms with Gasteiger partial charge in [-0.05, 0) is 36.4 Å². The van der Waals surface area contributed by atoms with Gasteiger partial charge in [-0.3, -0.25) is 9.59 Å². The monoisotopic (exact) mass is 390 g/mol. The molecule has 0 aromatic heterocycles. The van der Waals surface area contributed by atoms with Gasteiger partial charge in [-0.15, -0.1) is 11.8 Å². The molecule has 28 heavy (non-hydrogen) atoms. The zero-order chi connectivity index (χ0) is 19.3. The van der Waals surface area contributed by atoms with Crippen molar-refractivity contribution in [3.05, 3.63) is 83.9 Å². The number of benzene rings is 3. The van der Waals surface area contributed by atoms with Crippen LogP contribution in [0.25, 0.3) is 0 Å². The molecule has 1 heterocycles. The number of amides is 2. The van der Waals surface area contributed by atoms with Gasteiger partial charge in [-0.1, -0.05) is 36.4 Å². The number of rotatable bonds is 5. The number of hydrogen-bond donors (Lipinski definition) is 2. The van der Waals surface area contributed by atoms with Crippen molar-refractivity contribution in [3.8, 4) is 11.5 Å². The van der Waals surface area contributed by atoms with Crippen LogP contribution in [0.4, 0.5) is 5.69 Å². The summed E-state index contributed by atoms with van der Waals surface area (Å²) in [5.74, 6) is 1.58. The van der Waals surface area contributed by atoms with Crippen molar-refractivity contribution in [2.75, 3.05) is 11.1 Å². The number of thioether (sulfide) groups is 1. The van der Waals surface area contributed by atoms with Crippen LogP contribution in [-0.2, 0) is 11.3 Å². The summed E-state index contributed by atoms with van der Waals surface area (Å²) in [7, 11) is 0. The van der Waals surface area contributed by atoms with Crippen LogP contribution >= 0.6 is 11.8 Å². The van der Waals surface area contributed by atoms with Crippen LogP contribution < -0.4 is 15.4 Å². The summed E-state index contributed by atoms with van der Waals surface area (Å²) in [5, 5.41) is 5.73. The van der Waals surface area contributed by atoms with E-state index >= 15 is 0 Å². The zero-order valence-electron chi connectivity index (χ0n) is 15.0. The molecule has 2 N–H and O–H groups in total. The molecule has 0 saturated carbocycles. The third-order valence-electron chi connectivity index (χ3n) is 4.26. The summed E-state index contributed by atoms with van der Waals surface area (Å²) in [4.78, 5) is 25.1. The number of anilines is 1. The van der Waals surface area contributed by atoms with Crippen LogP contribution in [-0.4, -0.2) is 17.6 Å². The number of carbonyl (C=O) groups is 2. The van der Waals surface area contributed by atoms with Crippen molar-refractivity contribution >= 4 is 29.3 Å². The molecular formula is C22H18N2O3S. The van der Waals surface area contributed by atoms with Gasteiger partial charge in [0.25, 0.3) is 5.91 Å². The number of ether oxygens (including phenoxy) is 1. The number of carbonyl (C=O) groups excluding carboxylic acids is 2. The van der Waals surface area contributed by atoms with E-state index in [-0.39, 0.29) is 11.8 Å². The van der Waals surface area contributed by atoms with Crippen molar-refractivity contribution < 1.29 is 14.3 Å². The van der Waals surface area contributed by atoms with Crippen LogP contribution in [0.5, 0.6) is 11.5 Å². The Balaban J connectivity index is 1.46. The van der Waals surface area contributed by atoms with E-state index in [2.05, 4.69) is 10.6 Å². The third-order valence-corrected chi connectivity index (χ3v) is 5.33. The normalized spacial score (nSPS) is 12.6. The first-order chi connectivity index (χ1) is 13.7. The standard InChI is InChI=1S/C22H18N2O3S/c25-21-14-28-20-11-10-15(12-18(20)24-21)22(26)23-13-16-6-4-5-9-19(16)27-17-7-2-1-3-8-17/h1-12H,13-14H2,(H,23,26)(H,24,25). The Labute approximate surface area is 167 Å². The fraction of sp³-hybridized carbons (Fsp3) is 0.0909. The first kappa shape index (κ1) is 18.1. The summed E-state index contributed by atoms with van der Waals surface area (Å²) < 4.78 is 5.93. The molecule has 3 aromatic carbocycles. The first-order valence-corrected chi connectivity index (χ1v) is 9.83. The molecule has 3 aromatic rings. The molecular weight excluding hydrogens is 372 g/mol. The summed E-state index contributed by atoms with van der Waals surface area (Å²) in [5.41, 5.74) is 2.06. The smallest absolute Gasteiger partial charge is 0.251 e. The highest BCUT2D eigenvalue weighted by atomic mass is 32.2. The van der Waals surface area contributed by atoms with Gasteiger partial charge in [-0.25, -0.2) is 0 Å². The largest absolute Gasteiger partial charge is 0.457 e. The average molecular weight is 390 g/mol. The average Bonchev–Trinajstić information content (AvgIpc) is 2.73. The lowest BCUT2D eigenvalue weighted by Crippen LogP contribution is -2.24. The number of nitrogens with one attached hydrogen (secondary N) is 2. The Hall–Kier alpha value is -3.25. The summed E-state index contributed by atoms with van der Waals surface area (Å²) in [6.07, 6.45) is 0. The summed E-state index contributed by atoms with van der Waals surface area (Å²) in [6.45, 7) is 0.333. The Bertz CT molecular complexity index is 1020. The van der Waals surface area contributed by atoms with E-state index in [1.165, 1.54) is 11.8 Å². The predicted molar refractivity (Wildman–Crippen MR) is 110 cm³/mol. The lowest BCUT2D eigenvalue weighted by molar-refractivity contribution is -0.113. The summed E-state index contributed by atoms with van der Waals surface area (Å²) >= 11 is 1.47. The maximum absolute atomic E-state index is 12.6. The third kappa shape index (κ3) is 4.18. The predicted octanol–water partition coefficient (Wildman–Crippen LogP) is 4.45. The van der Waals surface area contributed by atoms with Crippen LogP contribution in [0.3, 0.4) is 0 Å². The van der Waals surface area contributed by atoms with Crippen molar-refractivity contribution in [1.29, 1.82) is 0 Å². The molecule has 0 aliphatic carbocycles. The van der Waals surface area contributed by atoms with Gasteiger partial charge >= 0.3 is 0 Å². The maximum Gasteiger partial charge on any atom is 0.251 e. The molecule has 5 nitrogen and oxygen atoms in total. The van der Waals surface area contributed by atoms with Gasteiger partial charge in [0.15, 0.2) is 0 Å². The van der Waals surface area contributed by atoms with Gasteiger partial charge in [0.1, 0.15) is 11.5 Å². The minimum atomic E-state index is -0.206. The summed E-state index contributed by atoms with van der Waals surface area (Å²) in [6, 6.07) is 22.5. The molecule has 140 valence electrons. The molecule has 0 saturated heterocycles. The van der Waals surface area contributed by atoms with E-state index < -0.39 is 0 Å². The highest BCUT2D eigenvalue weighted by Crippen LogP contribution is 2.32.